The zero-order valence-corrected chi connectivity index (χ0v) is 16.8. The summed E-state index contributed by atoms with van der Waals surface area (Å²) in [4.78, 5) is 14.6. The molecule has 1 aliphatic heterocycles. The lowest BCUT2D eigenvalue weighted by Gasteiger charge is -2.17. The minimum Gasteiger partial charge on any atom is -0.341 e. The molecule has 4 rings (SSSR count). The second-order valence-corrected chi connectivity index (χ2v) is 9.60. The number of carbonyl (C=O) groups excluding carboxylic acids is 1. The average Bonchev–Trinajstić information content (AvgIpc) is 3.33. The summed E-state index contributed by atoms with van der Waals surface area (Å²) >= 11 is 0. The van der Waals surface area contributed by atoms with Crippen LogP contribution in [0, 0.1) is 17.6 Å². The Morgan fingerprint density at radius 3 is 2.66 bits per heavy atom. The van der Waals surface area contributed by atoms with Crippen molar-refractivity contribution in [2.45, 2.75) is 24.8 Å². The van der Waals surface area contributed by atoms with Crippen LogP contribution < -0.4 is 4.72 Å². The molecule has 0 spiro atoms. The molecule has 0 bridgehead atoms. The van der Waals surface area contributed by atoms with Gasteiger partial charge in [0.15, 0.2) is 0 Å². The van der Waals surface area contributed by atoms with Crippen LogP contribution in [0.5, 0.6) is 0 Å². The molecule has 0 radical (unpaired) electrons. The Hall–Kier alpha value is -2.32. The Morgan fingerprint density at radius 1 is 1.14 bits per heavy atom. The molecule has 1 heterocycles. The summed E-state index contributed by atoms with van der Waals surface area (Å²) in [5, 5.41) is 0. The van der Waals surface area contributed by atoms with E-state index in [9.17, 15) is 22.0 Å². The Kier molecular flexibility index (Phi) is 5.16. The molecule has 5 nitrogen and oxygen atoms in total. The molecule has 1 saturated carbocycles. The second kappa shape index (κ2) is 7.50. The van der Waals surface area contributed by atoms with Crippen molar-refractivity contribution in [3.8, 4) is 11.1 Å². The SMILES string of the molecule is CS(=O)(=O)N[C@H]1CCN(C(=O)[C@@H]2C[C@H]2c2ccccc2-c2cc(F)ccc2F)C1. The number of amides is 1. The molecular formula is C21H22F2N2O3S. The number of sulfonamides is 1. The van der Waals surface area contributed by atoms with Crippen molar-refractivity contribution >= 4 is 15.9 Å². The number of likely N-dealkylation sites (tertiary alicyclic amines) is 1. The highest BCUT2D eigenvalue weighted by Gasteiger charge is 2.47. The number of nitrogens with zero attached hydrogens (tertiary/aromatic N) is 1. The molecule has 2 aliphatic rings. The first kappa shape index (κ1) is 20.0. The lowest BCUT2D eigenvalue weighted by Crippen LogP contribution is -2.38. The minimum absolute atomic E-state index is 0.0117. The maximum Gasteiger partial charge on any atom is 0.226 e. The first-order chi connectivity index (χ1) is 13.7. The van der Waals surface area contributed by atoms with Gasteiger partial charge in [-0.2, -0.15) is 0 Å². The Bertz CT molecular complexity index is 1060. The van der Waals surface area contributed by atoms with E-state index in [1.54, 1.807) is 17.0 Å². The van der Waals surface area contributed by atoms with E-state index >= 15 is 0 Å². The van der Waals surface area contributed by atoms with Crippen LogP contribution in [0.25, 0.3) is 11.1 Å². The van der Waals surface area contributed by atoms with E-state index in [0.29, 0.717) is 31.5 Å². The van der Waals surface area contributed by atoms with Gasteiger partial charge < -0.3 is 4.90 Å². The van der Waals surface area contributed by atoms with Gasteiger partial charge in [-0.05, 0) is 48.1 Å². The number of hydrogen-bond donors (Lipinski definition) is 1. The Morgan fingerprint density at radius 2 is 1.90 bits per heavy atom. The van der Waals surface area contributed by atoms with E-state index in [0.717, 1.165) is 24.0 Å². The molecule has 29 heavy (non-hydrogen) atoms. The smallest absolute Gasteiger partial charge is 0.226 e. The standard InChI is InChI=1S/C21H22F2N2O3S/c1-29(27,28)24-14-8-9-25(12-14)21(26)19-11-17(19)15-4-2-3-5-16(15)18-10-13(22)6-7-20(18)23/h2-7,10,14,17,19,24H,8-9,11-12H2,1H3/t14-,17-,19+/m0/s1. The third-order valence-electron chi connectivity index (χ3n) is 5.57. The molecule has 2 aromatic carbocycles. The van der Waals surface area contributed by atoms with Gasteiger partial charge in [0.2, 0.25) is 15.9 Å². The zero-order chi connectivity index (χ0) is 20.8. The van der Waals surface area contributed by atoms with Crippen molar-refractivity contribution < 1.29 is 22.0 Å². The van der Waals surface area contributed by atoms with Crippen LogP contribution in [-0.4, -0.2) is 44.6 Å². The monoisotopic (exact) mass is 420 g/mol. The third-order valence-corrected chi connectivity index (χ3v) is 6.33. The lowest BCUT2D eigenvalue weighted by atomic mass is 9.95. The van der Waals surface area contributed by atoms with Gasteiger partial charge >= 0.3 is 0 Å². The molecule has 154 valence electrons. The molecule has 8 heteroatoms. The van der Waals surface area contributed by atoms with Gasteiger partial charge in [-0.25, -0.2) is 21.9 Å². The normalized spacial score (nSPS) is 24.0. The van der Waals surface area contributed by atoms with Gasteiger partial charge in [-0.15, -0.1) is 0 Å². The summed E-state index contributed by atoms with van der Waals surface area (Å²) in [6.07, 6.45) is 2.34. The molecule has 1 saturated heterocycles. The van der Waals surface area contributed by atoms with E-state index in [1.807, 2.05) is 12.1 Å². The Labute approximate surface area is 168 Å². The van der Waals surface area contributed by atoms with Crippen LogP contribution in [-0.2, 0) is 14.8 Å². The fourth-order valence-electron chi connectivity index (χ4n) is 4.18. The van der Waals surface area contributed by atoms with Crippen LogP contribution in [0.15, 0.2) is 42.5 Å². The summed E-state index contributed by atoms with van der Waals surface area (Å²) in [7, 11) is -3.31. The summed E-state index contributed by atoms with van der Waals surface area (Å²) in [6.45, 7) is 0.866. The van der Waals surface area contributed by atoms with E-state index in [1.165, 1.54) is 6.07 Å². The molecule has 0 unspecified atom stereocenters. The quantitative estimate of drug-likeness (QED) is 0.809. The Balaban J connectivity index is 1.50. The van der Waals surface area contributed by atoms with Crippen LogP contribution in [0.4, 0.5) is 8.78 Å². The van der Waals surface area contributed by atoms with E-state index in [-0.39, 0.29) is 29.3 Å². The molecule has 1 aliphatic carbocycles. The van der Waals surface area contributed by atoms with E-state index in [4.69, 9.17) is 0 Å². The van der Waals surface area contributed by atoms with E-state index in [2.05, 4.69) is 4.72 Å². The first-order valence-corrected chi connectivity index (χ1v) is 11.4. The summed E-state index contributed by atoms with van der Waals surface area (Å²) in [5.74, 6) is -1.30. The van der Waals surface area contributed by atoms with Crippen molar-refractivity contribution in [1.29, 1.82) is 0 Å². The second-order valence-electron chi connectivity index (χ2n) is 7.82. The molecule has 2 fully saturated rings. The van der Waals surface area contributed by atoms with Crippen molar-refractivity contribution in [3.05, 3.63) is 59.7 Å². The number of nitrogens with one attached hydrogen (secondary N) is 1. The maximum atomic E-state index is 14.3. The van der Waals surface area contributed by atoms with Gasteiger partial charge in [0, 0.05) is 30.6 Å². The highest BCUT2D eigenvalue weighted by Crippen LogP contribution is 2.51. The molecule has 1 N–H and O–H groups in total. The average molecular weight is 420 g/mol. The van der Waals surface area contributed by atoms with Gasteiger partial charge in [0.25, 0.3) is 0 Å². The van der Waals surface area contributed by atoms with Gasteiger partial charge in [0.05, 0.1) is 6.26 Å². The minimum atomic E-state index is -3.31. The number of benzene rings is 2. The fraction of sp³-hybridized carbons (Fsp3) is 0.381. The van der Waals surface area contributed by atoms with Gasteiger partial charge in [-0.1, -0.05) is 24.3 Å². The topological polar surface area (TPSA) is 66.5 Å². The van der Waals surface area contributed by atoms with Crippen molar-refractivity contribution in [1.82, 2.24) is 9.62 Å². The molecular weight excluding hydrogens is 398 g/mol. The summed E-state index contributed by atoms with van der Waals surface area (Å²) in [6, 6.07) is 10.3. The highest BCUT2D eigenvalue weighted by molar-refractivity contribution is 7.88. The molecule has 0 aromatic heterocycles. The van der Waals surface area contributed by atoms with Crippen molar-refractivity contribution in [2.75, 3.05) is 19.3 Å². The van der Waals surface area contributed by atoms with Crippen LogP contribution >= 0.6 is 0 Å². The number of hydrogen-bond acceptors (Lipinski definition) is 3. The highest BCUT2D eigenvalue weighted by atomic mass is 32.2. The van der Waals surface area contributed by atoms with Gasteiger partial charge in [-0.3, -0.25) is 4.79 Å². The van der Waals surface area contributed by atoms with Crippen LogP contribution in [0.1, 0.15) is 24.3 Å². The first-order valence-electron chi connectivity index (χ1n) is 9.53. The lowest BCUT2D eigenvalue weighted by molar-refractivity contribution is -0.131. The molecule has 2 aromatic rings. The predicted molar refractivity (Wildman–Crippen MR) is 106 cm³/mol. The van der Waals surface area contributed by atoms with Crippen molar-refractivity contribution in [3.63, 3.8) is 0 Å². The number of carbonyl (C=O) groups is 1. The van der Waals surface area contributed by atoms with E-state index < -0.39 is 21.7 Å². The summed E-state index contributed by atoms with van der Waals surface area (Å²) < 4.78 is 53.3. The molecule has 1 amide bonds. The largest absolute Gasteiger partial charge is 0.341 e. The fourth-order valence-corrected chi connectivity index (χ4v) is 4.97. The summed E-state index contributed by atoms with van der Waals surface area (Å²) in [5.41, 5.74) is 1.63. The molecule has 3 atom stereocenters. The number of rotatable bonds is 5. The zero-order valence-electron chi connectivity index (χ0n) is 15.9. The predicted octanol–water partition coefficient (Wildman–Crippen LogP) is 2.89. The number of halogens is 2. The van der Waals surface area contributed by atoms with Crippen LogP contribution in [0.3, 0.4) is 0 Å². The maximum absolute atomic E-state index is 14.3. The van der Waals surface area contributed by atoms with Crippen molar-refractivity contribution in [2.24, 2.45) is 5.92 Å². The third kappa shape index (κ3) is 4.33. The van der Waals surface area contributed by atoms with Gasteiger partial charge in [0.1, 0.15) is 11.6 Å². The van der Waals surface area contributed by atoms with Crippen LogP contribution in [0.2, 0.25) is 0 Å².